The van der Waals surface area contributed by atoms with Gasteiger partial charge in [0.25, 0.3) is 0 Å². The molecule has 0 amide bonds. The van der Waals surface area contributed by atoms with Crippen molar-refractivity contribution in [1.82, 2.24) is 9.71 Å². The molecule has 0 aromatic carbocycles. The maximum Gasteiger partial charge on any atom is 0.241 e. The molecule has 0 spiro atoms. The minimum Gasteiger partial charge on any atom is -0.381 e. The minimum atomic E-state index is -3.41. The Bertz CT molecular complexity index is 495. The van der Waals surface area contributed by atoms with E-state index in [1.165, 1.54) is 13.2 Å². The van der Waals surface area contributed by atoms with Crippen molar-refractivity contribution < 1.29 is 13.2 Å². The first kappa shape index (κ1) is 14.2. The highest BCUT2D eigenvalue weighted by Crippen LogP contribution is 2.15. The Balaban J connectivity index is 1.91. The van der Waals surface area contributed by atoms with E-state index in [0.717, 1.165) is 32.6 Å². The molecule has 6 nitrogen and oxygen atoms in total. The Morgan fingerprint density at radius 1 is 1.47 bits per heavy atom. The lowest BCUT2D eigenvalue weighted by Gasteiger charge is -2.22. The molecule has 7 heteroatoms. The summed E-state index contributed by atoms with van der Waals surface area (Å²) >= 11 is 0. The molecule has 0 saturated carbocycles. The number of pyridine rings is 1. The van der Waals surface area contributed by atoms with Crippen molar-refractivity contribution in [2.75, 3.05) is 32.1 Å². The summed E-state index contributed by atoms with van der Waals surface area (Å²) in [4.78, 5) is 4.27. The third-order valence-electron chi connectivity index (χ3n) is 3.14. The fourth-order valence-electron chi connectivity index (χ4n) is 1.98. The molecule has 1 aliphatic heterocycles. The maximum atomic E-state index is 11.5. The van der Waals surface area contributed by atoms with Crippen LogP contribution in [0.5, 0.6) is 0 Å². The molecule has 1 unspecified atom stereocenters. The number of aromatic nitrogens is 1. The van der Waals surface area contributed by atoms with Gasteiger partial charge in [0, 0.05) is 19.3 Å². The van der Waals surface area contributed by atoms with Crippen LogP contribution in [0.4, 0.5) is 5.82 Å². The molecule has 0 bridgehead atoms. The van der Waals surface area contributed by atoms with Gasteiger partial charge in [0.05, 0.1) is 6.61 Å². The third kappa shape index (κ3) is 3.89. The summed E-state index contributed by atoms with van der Waals surface area (Å²) in [5, 5.41) is 3.20. The van der Waals surface area contributed by atoms with Crippen LogP contribution in [0.15, 0.2) is 23.2 Å². The Morgan fingerprint density at radius 3 is 2.89 bits per heavy atom. The molecule has 1 aromatic rings. The lowest BCUT2D eigenvalue weighted by atomic mass is 10.0. The fourth-order valence-corrected chi connectivity index (χ4v) is 2.65. The molecule has 2 rings (SSSR count). The third-order valence-corrected chi connectivity index (χ3v) is 4.54. The van der Waals surface area contributed by atoms with Crippen LogP contribution in [0.1, 0.15) is 12.8 Å². The Morgan fingerprint density at radius 2 is 2.32 bits per heavy atom. The average Bonchev–Trinajstić information content (AvgIpc) is 2.47. The van der Waals surface area contributed by atoms with E-state index < -0.39 is 10.0 Å². The standard InChI is InChI=1S/C12H19N3O3S/c1-13-19(16,17)11-4-5-12(15-8-11)14-7-10-3-2-6-18-9-10/h4-5,8,10,13H,2-3,6-7,9H2,1H3,(H,14,15). The van der Waals surface area contributed by atoms with Gasteiger partial charge < -0.3 is 10.1 Å². The zero-order valence-electron chi connectivity index (χ0n) is 10.9. The van der Waals surface area contributed by atoms with Gasteiger partial charge in [0.1, 0.15) is 10.7 Å². The molecule has 1 aliphatic rings. The molecule has 1 atom stereocenters. The number of nitrogens with zero attached hydrogens (tertiary/aromatic N) is 1. The van der Waals surface area contributed by atoms with Crippen molar-refractivity contribution in [2.45, 2.75) is 17.7 Å². The summed E-state index contributed by atoms with van der Waals surface area (Å²) in [6, 6.07) is 3.21. The Kier molecular flexibility index (Phi) is 4.73. The second kappa shape index (κ2) is 6.31. The monoisotopic (exact) mass is 285 g/mol. The highest BCUT2D eigenvalue weighted by molar-refractivity contribution is 7.89. The molecule has 1 saturated heterocycles. The molecule has 2 N–H and O–H groups in total. The normalized spacial score (nSPS) is 20.2. The van der Waals surface area contributed by atoms with Crippen LogP contribution in [0.3, 0.4) is 0 Å². The van der Waals surface area contributed by atoms with Crippen molar-refractivity contribution in [3.05, 3.63) is 18.3 Å². The van der Waals surface area contributed by atoms with Gasteiger partial charge in [-0.2, -0.15) is 0 Å². The van der Waals surface area contributed by atoms with Crippen LogP contribution in [0, 0.1) is 5.92 Å². The van der Waals surface area contributed by atoms with Crippen molar-refractivity contribution in [1.29, 1.82) is 0 Å². The molecular weight excluding hydrogens is 266 g/mol. The predicted octanol–water partition coefficient (Wildman–Crippen LogP) is 0.828. The highest BCUT2D eigenvalue weighted by atomic mass is 32.2. The van der Waals surface area contributed by atoms with Crippen molar-refractivity contribution >= 4 is 15.8 Å². The predicted molar refractivity (Wildman–Crippen MR) is 72.5 cm³/mol. The van der Waals surface area contributed by atoms with E-state index in [1.54, 1.807) is 12.1 Å². The Hall–Kier alpha value is -1.18. The number of nitrogens with one attached hydrogen (secondary N) is 2. The van der Waals surface area contributed by atoms with E-state index in [9.17, 15) is 8.42 Å². The second-order valence-corrected chi connectivity index (χ2v) is 6.44. The van der Waals surface area contributed by atoms with E-state index in [1.807, 2.05) is 0 Å². The molecule has 106 valence electrons. The molecule has 0 radical (unpaired) electrons. The molecule has 2 heterocycles. The number of anilines is 1. The van der Waals surface area contributed by atoms with E-state index in [2.05, 4.69) is 15.0 Å². The van der Waals surface area contributed by atoms with Gasteiger partial charge in [0.2, 0.25) is 10.0 Å². The first-order chi connectivity index (χ1) is 9.12. The number of ether oxygens (including phenoxy) is 1. The van der Waals surface area contributed by atoms with Crippen molar-refractivity contribution in [3.8, 4) is 0 Å². The zero-order valence-corrected chi connectivity index (χ0v) is 11.7. The van der Waals surface area contributed by atoms with Crippen LogP contribution < -0.4 is 10.0 Å². The van der Waals surface area contributed by atoms with Gasteiger partial charge in [-0.3, -0.25) is 0 Å². The average molecular weight is 285 g/mol. The fraction of sp³-hybridized carbons (Fsp3) is 0.583. The molecule has 0 aliphatic carbocycles. The van der Waals surface area contributed by atoms with Crippen molar-refractivity contribution in [3.63, 3.8) is 0 Å². The SMILES string of the molecule is CNS(=O)(=O)c1ccc(NCC2CCCOC2)nc1. The smallest absolute Gasteiger partial charge is 0.241 e. The highest BCUT2D eigenvalue weighted by Gasteiger charge is 2.14. The summed E-state index contributed by atoms with van der Waals surface area (Å²) in [5.41, 5.74) is 0. The molecule has 1 fully saturated rings. The first-order valence-electron chi connectivity index (χ1n) is 6.33. The van der Waals surface area contributed by atoms with Gasteiger partial charge in [-0.1, -0.05) is 0 Å². The van der Waals surface area contributed by atoms with E-state index in [-0.39, 0.29) is 4.90 Å². The molecule has 19 heavy (non-hydrogen) atoms. The van der Waals surface area contributed by atoms with Gasteiger partial charge >= 0.3 is 0 Å². The molecular formula is C12H19N3O3S. The van der Waals surface area contributed by atoms with Crippen LogP contribution in [-0.4, -0.2) is 40.2 Å². The topological polar surface area (TPSA) is 80.3 Å². The summed E-state index contributed by atoms with van der Waals surface area (Å²) in [5.74, 6) is 1.18. The summed E-state index contributed by atoms with van der Waals surface area (Å²) in [6.45, 7) is 2.43. The summed E-state index contributed by atoms with van der Waals surface area (Å²) < 4.78 is 30.7. The number of sulfonamides is 1. The van der Waals surface area contributed by atoms with E-state index in [0.29, 0.717) is 11.7 Å². The summed E-state index contributed by atoms with van der Waals surface area (Å²) in [7, 11) is -2.03. The van der Waals surface area contributed by atoms with Gasteiger partial charge in [-0.25, -0.2) is 18.1 Å². The van der Waals surface area contributed by atoms with Gasteiger partial charge in [-0.05, 0) is 37.9 Å². The largest absolute Gasteiger partial charge is 0.381 e. The number of hydrogen-bond donors (Lipinski definition) is 2. The van der Waals surface area contributed by atoms with E-state index >= 15 is 0 Å². The quantitative estimate of drug-likeness (QED) is 0.837. The summed E-state index contributed by atoms with van der Waals surface area (Å²) in [6.07, 6.45) is 3.60. The Labute approximate surface area is 113 Å². The van der Waals surface area contributed by atoms with Gasteiger partial charge in [0.15, 0.2) is 0 Å². The minimum absolute atomic E-state index is 0.168. The number of hydrogen-bond acceptors (Lipinski definition) is 5. The number of rotatable bonds is 5. The van der Waals surface area contributed by atoms with Crippen LogP contribution in [-0.2, 0) is 14.8 Å². The van der Waals surface area contributed by atoms with Crippen LogP contribution in [0.25, 0.3) is 0 Å². The van der Waals surface area contributed by atoms with Gasteiger partial charge in [-0.15, -0.1) is 0 Å². The van der Waals surface area contributed by atoms with Crippen LogP contribution >= 0.6 is 0 Å². The van der Waals surface area contributed by atoms with E-state index in [4.69, 9.17) is 4.74 Å². The molecule has 1 aromatic heterocycles. The second-order valence-electron chi connectivity index (χ2n) is 4.55. The van der Waals surface area contributed by atoms with Crippen LogP contribution in [0.2, 0.25) is 0 Å². The lowest BCUT2D eigenvalue weighted by molar-refractivity contribution is 0.0595. The maximum absolute atomic E-state index is 11.5. The zero-order chi connectivity index (χ0) is 13.7. The lowest BCUT2D eigenvalue weighted by Crippen LogP contribution is -2.24. The first-order valence-corrected chi connectivity index (χ1v) is 7.81. The van der Waals surface area contributed by atoms with Crippen molar-refractivity contribution in [2.24, 2.45) is 5.92 Å².